The highest BCUT2D eigenvalue weighted by Crippen LogP contribution is 2.15. The molecule has 1 aromatic rings. The van der Waals surface area contributed by atoms with Crippen molar-refractivity contribution in [1.82, 2.24) is 14.9 Å². The number of piperidine rings is 1. The van der Waals surface area contributed by atoms with E-state index in [1.165, 1.54) is 25.9 Å². The minimum atomic E-state index is 0.837. The molecule has 3 nitrogen and oxygen atoms in total. The van der Waals surface area contributed by atoms with Gasteiger partial charge in [-0.25, -0.2) is 4.98 Å². The molecule has 1 saturated heterocycles. The predicted octanol–water partition coefficient (Wildman–Crippen LogP) is 1.50. The quantitative estimate of drug-likeness (QED) is 0.771. The first kappa shape index (κ1) is 9.71. The molecule has 0 radical (unpaired) electrons. The second-order valence-corrected chi connectivity index (χ2v) is 4.28. The van der Waals surface area contributed by atoms with Gasteiger partial charge >= 0.3 is 0 Å². The lowest BCUT2D eigenvalue weighted by molar-refractivity contribution is 0.331. The molecule has 0 aromatic carbocycles. The van der Waals surface area contributed by atoms with Gasteiger partial charge in [0.15, 0.2) is 0 Å². The van der Waals surface area contributed by atoms with Crippen LogP contribution in [0.3, 0.4) is 0 Å². The van der Waals surface area contributed by atoms with Crippen molar-refractivity contribution < 1.29 is 0 Å². The molecular weight excluding hydrogens is 174 g/mol. The lowest BCUT2D eigenvalue weighted by Crippen LogP contribution is -2.29. The van der Waals surface area contributed by atoms with Crippen LogP contribution >= 0.6 is 0 Å². The summed E-state index contributed by atoms with van der Waals surface area (Å²) in [4.78, 5) is 4.42. The average Bonchev–Trinajstić information content (AvgIpc) is 2.47. The molecule has 78 valence electrons. The zero-order valence-corrected chi connectivity index (χ0v) is 9.08. The Morgan fingerprint density at radius 3 is 2.71 bits per heavy atom. The van der Waals surface area contributed by atoms with Gasteiger partial charge in [-0.2, -0.15) is 0 Å². The second kappa shape index (κ2) is 4.13. The van der Waals surface area contributed by atoms with Crippen LogP contribution in [0.1, 0.15) is 24.4 Å². The first-order valence-electron chi connectivity index (χ1n) is 5.47. The maximum atomic E-state index is 4.42. The molecule has 0 spiro atoms. The van der Waals surface area contributed by atoms with Gasteiger partial charge in [-0.05, 0) is 45.7 Å². The Morgan fingerprint density at radius 1 is 1.43 bits per heavy atom. The van der Waals surface area contributed by atoms with Crippen LogP contribution in [0.2, 0.25) is 0 Å². The van der Waals surface area contributed by atoms with Crippen molar-refractivity contribution >= 4 is 0 Å². The number of rotatable bonds is 2. The highest BCUT2D eigenvalue weighted by atomic mass is 15.1. The van der Waals surface area contributed by atoms with E-state index in [1.807, 2.05) is 0 Å². The Kier molecular flexibility index (Phi) is 2.87. The summed E-state index contributed by atoms with van der Waals surface area (Å²) in [5.74, 6) is 1.99. The summed E-state index contributed by atoms with van der Waals surface area (Å²) in [6, 6.07) is 0. The summed E-state index contributed by atoms with van der Waals surface area (Å²) >= 11 is 0. The molecule has 3 heteroatoms. The molecule has 14 heavy (non-hydrogen) atoms. The van der Waals surface area contributed by atoms with Crippen LogP contribution in [-0.4, -0.2) is 22.6 Å². The molecule has 0 aliphatic carbocycles. The van der Waals surface area contributed by atoms with Gasteiger partial charge < -0.3 is 9.88 Å². The Morgan fingerprint density at radius 2 is 2.14 bits per heavy atom. The van der Waals surface area contributed by atoms with E-state index in [4.69, 9.17) is 0 Å². The van der Waals surface area contributed by atoms with Crippen LogP contribution in [0.5, 0.6) is 0 Å². The average molecular weight is 193 g/mol. The van der Waals surface area contributed by atoms with Crippen molar-refractivity contribution in [2.45, 2.75) is 33.2 Å². The molecule has 0 amide bonds. The van der Waals surface area contributed by atoms with Crippen LogP contribution in [0.4, 0.5) is 0 Å². The third-order valence-electron chi connectivity index (χ3n) is 3.01. The van der Waals surface area contributed by atoms with E-state index in [1.54, 1.807) is 0 Å². The van der Waals surface area contributed by atoms with Crippen LogP contribution in [0.15, 0.2) is 6.20 Å². The van der Waals surface area contributed by atoms with E-state index in [9.17, 15) is 0 Å². The molecular formula is C11H19N3. The fourth-order valence-electron chi connectivity index (χ4n) is 2.19. The van der Waals surface area contributed by atoms with Gasteiger partial charge in [0.05, 0.1) is 5.69 Å². The van der Waals surface area contributed by atoms with E-state index in [0.29, 0.717) is 0 Å². The van der Waals surface area contributed by atoms with Gasteiger partial charge in [0, 0.05) is 12.7 Å². The third-order valence-corrected chi connectivity index (χ3v) is 3.01. The Labute approximate surface area is 85.5 Å². The maximum absolute atomic E-state index is 4.42. The summed E-state index contributed by atoms with van der Waals surface area (Å²) < 4.78 is 2.30. The number of nitrogens with zero attached hydrogens (tertiary/aromatic N) is 2. The monoisotopic (exact) mass is 193 g/mol. The summed E-state index contributed by atoms with van der Waals surface area (Å²) in [6.45, 7) is 7.66. The van der Waals surface area contributed by atoms with Crippen molar-refractivity contribution in [3.8, 4) is 0 Å². The van der Waals surface area contributed by atoms with Crippen molar-refractivity contribution in [3.63, 3.8) is 0 Å². The van der Waals surface area contributed by atoms with Gasteiger partial charge in [-0.15, -0.1) is 0 Å². The Balaban J connectivity index is 1.98. The molecule has 0 bridgehead atoms. The summed E-state index contributed by atoms with van der Waals surface area (Å²) in [6.07, 6.45) is 4.77. The Bertz CT molecular complexity index is 297. The minimum Gasteiger partial charge on any atom is -0.335 e. The normalized spacial score (nSPS) is 18.7. The zero-order chi connectivity index (χ0) is 9.97. The largest absolute Gasteiger partial charge is 0.335 e. The molecule has 0 atom stereocenters. The van der Waals surface area contributed by atoms with Gasteiger partial charge in [0.2, 0.25) is 0 Å². The van der Waals surface area contributed by atoms with Gasteiger partial charge in [0.25, 0.3) is 0 Å². The smallest absolute Gasteiger partial charge is 0.105 e. The zero-order valence-electron chi connectivity index (χ0n) is 9.08. The van der Waals surface area contributed by atoms with Crippen LogP contribution in [-0.2, 0) is 6.54 Å². The molecule has 1 aliphatic heterocycles. The number of nitrogens with one attached hydrogen (secondary N) is 1. The number of hydrogen-bond acceptors (Lipinski definition) is 2. The molecule has 1 N–H and O–H groups in total. The van der Waals surface area contributed by atoms with Crippen molar-refractivity contribution in [2.75, 3.05) is 13.1 Å². The second-order valence-electron chi connectivity index (χ2n) is 4.28. The molecule has 0 unspecified atom stereocenters. The van der Waals surface area contributed by atoms with Crippen LogP contribution < -0.4 is 5.32 Å². The van der Waals surface area contributed by atoms with Crippen molar-refractivity contribution in [2.24, 2.45) is 5.92 Å². The van der Waals surface area contributed by atoms with Crippen molar-refractivity contribution in [1.29, 1.82) is 0 Å². The minimum absolute atomic E-state index is 0.837. The SMILES string of the molecule is Cc1cn(CC2CCNCC2)c(C)n1. The van der Waals surface area contributed by atoms with Gasteiger partial charge in [-0.3, -0.25) is 0 Å². The summed E-state index contributed by atoms with van der Waals surface area (Å²) in [7, 11) is 0. The molecule has 2 heterocycles. The van der Waals surface area contributed by atoms with Crippen molar-refractivity contribution in [3.05, 3.63) is 17.7 Å². The van der Waals surface area contributed by atoms with E-state index >= 15 is 0 Å². The first-order chi connectivity index (χ1) is 6.75. The third kappa shape index (κ3) is 2.15. The number of hydrogen-bond donors (Lipinski definition) is 1. The molecule has 1 aliphatic rings. The lowest BCUT2D eigenvalue weighted by Gasteiger charge is -2.23. The van der Waals surface area contributed by atoms with Crippen LogP contribution in [0.25, 0.3) is 0 Å². The number of aryl methyl sites for hydroxylation is 2. The summed E-state index contributed by atoms with van der Waals surface area (Å²) in [5.41, 5.74) is 1.14. The number of aromatic nitrogens is 2. The molecule has 1 aromatic heterocycles. The number of imidazole rings is 1. The highest BCUT2D eigenvalue weighted by molar-refractivity contribution is 5.00. The Hall–Kier alpha value is -0.830. The van der Waals surface area contributed by atoms with Crippen LogP contribution in [0, 0.1) is 19.8 Å². The van der Waals surface area contributed by atoms with E-state index in [0.717, 1.165) is 24.0 Å². The standard InChI is InChI=1S/C11H19N3/c1-9-7-14(10(2)13-9)8-11-3-5-12-6-4-11/h7,11-12H,3-6,8H2,1-2H3. The maximum Gasteiger partial charge on any atom is 0.105 e. The molecule has 1 fully saturated rings. The van der Waals surface area contributed by atoms with E-state index < -0.39 is 0 Å². The fraction of sp³-hybridized carbons (Fsp3) is 0.727. The summed E-state index contributed by atoms with van der Waals surface area (Å²) in [5, 5.41) is 3.40. The van der Waals surface area contributed by atoms with E-state index in [-0.39, 0.29) is 0 Å². The van der Waals surface area contributed by atoms with Gasteiger partial charge in [0.1, 0.15) is 5.82 Å². The highest BCUT2D eigenvalue weighted by Gasteiger charge is 2.14. The predicted molar refractivity (Wildman–Crippen MR) is 57.3 cm³/mol. The van der Waals surface area contributed by atoms with Gasteiger partial charge in [-0.1, -0.05) is 0 Å². The van der Waals surface area contributed by atoms with E-state index in [2.05, 4.69) is 34.9 Å². The first-order valence-corrected chi connectivity index (χ1v) is 5.47. The topological polar surface area (TPSA) is 29.9 Å². The lowest BCUT2D eigenvalue weighted by atomic mass is 9.98. The fourth-order valence-corrected chi connectivity index (χ4v) is 2.19. The molecule has 2 rings (SSSR count). The molecule has 0 saturated carbocycles.